The van der Waals surface area contributed by atoms with Crippen LogP contribution in [-0.2, 0) is 0 Å². The molecule has 0 radical (unpaired) electrons. The molecule has 0 saturated carbocycles. The van der Waals surface area contributed by atoms with Gasteiger partial charge < -0.3 is 11.1 Å². The number of benzene rings is 2. The second kappa shape index (κ2) is 6.32. The Kier molecular flexibility index (Phi) is 4.69. The van der Waals surface area contributed by atoms with Gasteiger partial charge in [0.1, 0.15) is 10.8 Å². The maximum atomic E-state index is 13.2. The molecule has 0 saturated heterocycles. The van der Waals surface area contributed by atoms with Gasteiger partial charge in [-0.3, -0.25) is 4.79 Å². The quantitative estimate of drug-likeness (QED) is 0.812. The van der Waals surface area contributed by atoms with Crippen molar-refractivity contribution in [3.05, 3.63) is 63.4 Å². The van der Waals surface area contributed by atoms with E-state index in [9.17, 15) is 9.18 Å². The first-order chi connectivity index (χ1) is 9.88. The monoisotopic (exact) mass is 366 g/mol. The Morgan fingerprint density at radius 1 is 1.24 bits per heavy atom. The fraction of sp³-hybridized carbons (Fsp3) is 0.0667. The van der Waals surface area contributed by atoms with Crippen LogP contribution in [0.2, 0.25) is 0 Å². The molecule has 6 heteroatoms. The topological polar surface area (TPSA) is 55.1 Å². The van der Waals surface area contributed by atoms with E-state index in [1.807, 2.05) is 13.0 Å². The minimum atomic E-state index is -0.418. The van der Waals surface area contributed by atoms with Crippen LogP contribution >= 0.6 is 28.1 Å². The van der Waals surface area contributed by atoms with Crippen LogP contribution in [0, 0.1) is 12.7 Å². The molecule has 2 aromatic rings. The number of hydrogen-bond acceptors (Lipinski definition) is 2. The van der Waals surface area contributed by atoms with Crippen molar-refractivity contribution in [2.75, 3.05) is 5.32 Å². The van der Waals surface area contributed by atoms with Gasteiger partial charge in [-0.25, -0.2) is 4.39 Å². The van der Waals surface area contributed by atoms with E-state index in [0.717, 1.165) is 5.56 Å². The van der Waals surface area contributed by atoms with E-state index in [4.69, 9.17) is 18.0 Å². The molecule has 2 aromatic carbocycles. The second-order valence-electron chi connectivity index (χ2n) is 4.48. The summed E-state index contributed by atoms with van der Waals surface area (Å²) < 4.78 is 13.4. The van der Waals surface area contributed by atoms with Gasteiger partial charge >= 0.3 is 0 Å². The first-order valence-electron chi connectivity index (χ1n) is 6.05. The van der Waals surface area contributed by atoms with Gasteiger partial charge in [0.15, 0.2) is 0 Å². The van der Waals surface area contributed by atoms with E-state index in [1.54, 1.807) is 12.1 Å². The van der Waals surface area contributed by atoms with Crippen LogP contribution in [0.15, 0.2) is 40.9 Å². The number of carbonyl (C=O) groups excluding carboxylic acids is 1. The van der Waals surface area contributed by atoms with E-state index in [1.165, 1.54) is 18.2 Å². The van der Waals surface area contributed by atoms with Crippen molar-refractivity contribution in [2.24, 2.45) is 5.73 Å². The molecular formula is C15H12BrFN2OS. The zero-order valence-corrected chi connectivity index (χ0v) is 13.5. The molecule has 3 nitrogen and oxygen atoms in total. The molecule has 0 aliphatic heterocycles. The molecule has 0 fully saturated rings. The zero-order chi connectivity index (χ0) is 15.6. The summed E-state index contributed by atoms with van der Waals surface area (Å²) in [5.74, 6) is -0.753. The number of hydrogen-bond donors (Lipinski definition) is 2. The second-order valence-corrected chi connectivity index (χ2v) is 5.77. The highest BCUT2D eigenvalue weighted by molar-refractivity contribution is 9.10. The maximum Gasteiger partial charge on any atom is 0.255 e. The average Bonchev–Trinajstić information content (AvgIpc) is 2.43. The lowest BCUT2D eigenvalue weighted by Gasteiger charge is -2.10. The van der Waals surface area contributed by atoms with Crippen LogP contribution in [-0.4, -0.2) is 10.9 Å². The third-order valence-corrected chi connectivity index (χ3v) is 3.80. The van der Waals surface area contributed by atoms with E-state index in [-0.39, 0.29) is 15.4 Å². The molecule has 0 aliphatic rings. The van der Waals surface area contributed by atoms with Crippen LogP contribution < -0.4 is 11.1 Å². The summed E-state index contributed by atoms with van der Waals surface area (Å²) in [5, 5.41) is 2.77. The Morgan fingerprint density at radius 3 is 2.52 bits per heavy atom. The van der Waals surface area contributed by atoms with Gasteiger partial charge in [-0.15, -0.1) is 0 Å². The molecular weight excluding hydrogens is 355 g/mol. The Bertz CT molecular complexity index is 734. The van der Waals surface area contributed by atoms with Gasteiger partial charge in [-0.05, 0) is 52.7 Å². The minimum Gasteiger partial charge on any atom is -0.389 e. The van der Waals surface area contributed by atoms with E-state index >= 15 is 0 Å². The van der Waals surface area contributed by atoms with Crippen molar-refractivity contribution in [3.63, 3.8) is 0 Å². The van der Waals surface area contributed by atoms with Gasteiger partial charge in [0.25, 0.3) is 5.91 Å². The van der Waals surface area contributed by atoms with Gasteiger partial charge in [-0.1, -0.05) is 24.4 Å². The highest BCUT2D eigenvalue weighted by atomic mass is 79.9. The highest BCUT2D eigenvalue weighted by Crippen LogP contribution is 2.20. The first kappa shape index (κ1) is 15.6. The lowest BCUT2D eigenvalue weighted by molar-refractivity contribution is 0.102. The van der Waals surface area contributed by atoms with E-state index in [2.05, 4.69) is 21.2 Å². The first-order valence-corrected chi connectivity index (χ1v) is 7.25. The fourth-order valence-electron chi connectivity index (χ4n) is 1.74. The van der Waals surface area contributed by atoms with Crippen LogP contribution in [0.5, 0.6) is 0 Å². The largest absolute Gasteiger partial charge is 0.389 e. The number of rotatable bonds is 3. The summed E-state index contributed by atoms with van der Waals surface area (Å²) in [5.41, 5.74) is 8.10. The summed E-state index contributed by atoms with van der Waals surface area (Å²) in [6.45, 7) is 1.86. The lowest BCUT2D eigenvalue weighted by atomic mass is 10.1. The van der Waals surface area contributed by atoms with Crippen molar-refractivity contribution in [2.45, 2.75) is 6.92 Å². The molecule has 0 spiro atoms. The van der Waals surface area contributed by atoms with Crippen LogP contribution in [0.25, 0.3) is 0 Å². The van der Waals surface area contributed by atoms with Gasteiger partial charge in [0.2, 0.25) is 0 Å². The smallest absolute Gasteiger partial charge is 0.255 e. The van der Waals surface area contributed by atoms with Crippen LogP contribution in [0.3, 0.4) is 0 Å². The summed E-state index contributed by atoms with van der Waals surface area (Å²) >= 11 is 7.98. The highest BCUT2D eigenvalue weighted by Gasteiger charge is 2.11. The Balaban J connectivity index is 2.28. The molecule has 0 unspecified atom stereocenters. The number of nitrogens with two attached hydrogens (primary N) is 1. The third-order valence-electron chi connectivity index (χ3n) is 2.95. The summed E-state index contributed by atoms with van der Waals surface area (Å²) in [6, 6.07) is 9.41. The number of amides is 1. The molecule has 108 valence electrons. The predicted octanol–water partition coefficient (Wildman–Crippen LogP) is 3.78. The summed E-state index contributed by atoms with van der Waals surface area (Å²) in [6.07, 6.45) is 0. The van der Waals surface area contributed by atoms with E-state index in [0.29, 0.717) is 16.8 Å². The van der Waals surface area contributed by atoms with E-state index < -0.39 is 5.82 Å². The normalized spacial score (nSPS) is 10.2. The van der Waals surface area contributed by atoms with Crippen molar-refractivity contribution in [1.82, 2.24) is 0 Å². The summed E-state index contributed by atoms with van der Waals surface area (Å²) in [7, 11) is 0. The number of aryl methyl sites for hydroxylation is 1. The van der Waals surface area contributed by atoms with Crippen LogP contribution in [0.1, 0.15) is 21.5 Å². The fourth-order valence-corrected chi connectivity index (χ4v) is 2.25. The SMILES string of the molecule is Cc1ccc(C(N)=S)cc1NC(=O)c1ccc(F)c(Br)c1. The van der Waals surface area contributed by atoms with Crippen molar-refractivity contribution >= 4 is 44.7 Å². The molecule has 0 atom stereocenters. The number of carbonyl (C=O) groups is 1. The van der Waals surface area contributed by atoms with Gasteiger partial charge in [-0.2, -0.15) is 0 Å². The molecule has 1 amide bonds. The van der Waals surface area contributed by atoms with Crippen molar-refractivity contribution < 1.29 is 9.18 Å². The van der Waals surface area contributed by atoms with Gasteiger partial charge in [0.05, 0.1) is 4.47 Å². The summed E-state index contributed by atoms with van der Waals surface area (Å²) in [4.78, 5) is 12.5. The standard InChI is InChI=1S/C15H12BrFN2OS/c1-8-2-3-9(14(18)21)7-13(8)19-15(20)10-4-5-12(17)11(16)6-10/h2-7H,1H3,(H2,18,21)(H,19,20). The van der Waals surface area contributed by atoms with Crippen molar-refractivity contribution in [3.8, 4) is 0 Å². The number of halogens is 2. The number of thiocarbonyl (C=S) groups is 1. The Hall–Kier alpha value is -1.79. The Labute approximate surface area is 135 Å². The molecule has 2 rings (SSSR count). The molecule has 21 heavy (non-hydrogen) atoms. The lowest BCUT2D eigenvalue weighted by Crippen LogP contribution is -2.15. The number of anilines is 1. The number of nitrogens with one attached hydrogen (secondary N) is 1. The van der Waals surface area contributed by atoms with Crippen LogP contribution in [0.4, 0.5) is 10.1 Å². The van der Waals surface area contributed by atoms with Gasteiger partial charge in [0, 0.05) is 16.8 Å². The molecule has 0 aliphatic carbocycles. The average molecular weight is 367 g/mol. The molecule has 3 N–H and O–H groups in total. The molecule has 0 aromatic heterocycles. The maximum absolute atomic E-state index is 13.2. The van der Waals surface area contributed by atoms with Crippen molar-refractivity contribution in [1.29, 1.82) is 0 Å². The predicted molar refractivity (Wildman–Crippen MR) is 89.1 cm³/mol. The minimum absolute atomic E-state index is 0.240. The Morgan fingerprint density at radius 2 is 1.90 bits per heavy atom. The molecule has 0 heterocycles. The molecule has 0 bridgehead atoms. The third kappa shape index (κ3) is 3.65. The zero-order valence-electron chi connectivity index (χ0n) is 11.1.